The van der Waals surface area contributed by atoms with Crippen LogP contribution in [-0.4, -0.2) is 37.2 Å². The lowest BCUT2D eigenvalue weighted by molar-refractivity contribution is -0.167. The van der Waals surface area contributed by atoms with Crippen LogP contribution in [0.25, 0.3) is 0 Å². The Kier molecular flexibility index (Phi) is 39.8. The van der Waals surface area contributed by atoms with E-state index in [1.165, 1.54) is 141 Å². The molecular weight excluding hydrogens is 673 g/mol. The predicted molar refractivity (Wildman–Crippen MR) is 229 cm³/mol. The van der Waals surface area contributed by atoms with E-state index in [0.29, 0.717) is 19.3 Å². The minimum absolute atomic E-state index is 0.0654. The average molecular weight is 765 g/mol. The number of carbonyl (C=O) groups excluding carboxylic acids is 3. The van der Waals surface area contributed by atoms with Crippen LogP contribution in [-0.2, 0) is 28.6 Å². The third kappa shape index (κ3) is 41.6. The summed E-state index contributed by atoms with van der Waals surface area (Å²) in [6, 6.07) is 0. The van der Waals surface area contributed by atoms with Crippen molar-refractivity contribution >= 4 is 17.9 Å². The van der Waals surface area contributed by atoms with E-state index in [1.807, 2.05) is 0 Å². The molecule has 0 aliphatic rings. The van der Waals surface area contributed by atoms with Crippen LogP contribution < -0.4 is 0 Å². The fourth-order valence-electron chi connectivity index (χ4n) is 7.11. The topological polar surface area (TPSA) is 78.9 Å². The first-order chi connectivity index (χ1) is 26.2. The standard InChI is InChI=1S/C48H92O6/c1-6-7-8-26-33-38-46(49)52-41-45(54-48(51)40-35-30-25-21-17-16-19-23-28-32-37-44(4)5)42-53-47(50)39-34-29-24-20-15-13-11-9-10-12-14-18-22-27-31-36-43(2)3/h43-45H,6-42H2,1-5H3/t45-/m1/s1. The monoisotopic (exact) mass is 765 g/mol. The predicted octanol–water partition coefficient (Wildman–Crippen LogP) is 15.0. The Morgan fingerprint density at radius 1 is 0.352 bits per heavy atom. The van der Waals surface area contributed by atoms with Crippen molar-refractivity contribution < 1.29 is 28.6 Å². The molecule has 6 nitrogen and oxygen atoms in total. The molecule has 0 saturated carbocycles. The highest BCUT2D eigenvalue weighted by molar-refractivity contribution is 5.71. The van der Waals surface area contributed by atoms with Crippen LogP contribution in [0.1, 0.15) is 259 Å². The molecule has 0 aliphatic heterocycles. The molecule has 0 fully saturated rings. The molecule has 0 spiro atoms. The second-order valence-electron chi connectivity index (χ2n) is 17.3. The largest absolute Gasteiger partial charge is 0.462 e. The van der Waals surface area contributed by atoms with Gasteiger partial charge >= 0.3 is 17.9 Å². The van der Waals surface area contributed by atoms with Crippen molar-refractivity contribution in [2.75, 3.05) is 13.2 Å². The Morgan fingerprint density at radius 2 is 0.611 bits per heavy atom. The summed E-state index contributed by atoms with van der Waals surface area (Å²) in [4.78, 5) is 37.5. The molecule has 0 N–H and O–H groups in total. The first kappa shape index (κ1) is 52.4. The van der Waals surface area contributed by atoms with Gasteiger partial charge in [-0.15, -0.1) is 0 Å². The average Bonchev–Trinajstić information content (AvgIpc) is 3.14. The van der Waals surface area contributed by atoms with Gasteiger partial charge in [-0.1, -0.05) is 221 Å². The van der Waals surface area contributed by atoms with Gasteiger partial charge in [-0.25, -0.2) is 0 Å². The first-order valence-corrected chi connectivity index (χ1v) is 23.7. The number of carbonyl (C=O) groups is 3. The van der Waals surface area contributed by atoms with E-state index in [2.05, 4.69) is 34.6 Å². The zero-order valence-corrected chi connectivity index (χ0v) is 36.8. The highest BCUT2D eigenvalue weighted by Gasteiger charge is 2.19. The molecule has 0 saturated heterocycles. The van der Waals surface area contributed by atoms with Gasteiger partial charge in [0.25, 0.3) is 0 Å². The zero-order valence-electron chi connectivity index (χ0n) is 36.8. The molecule has 0 aromatic carbocycles. The van der Waals surface area contributed by atoms with Crippen molar-refractivity contribution in [3.8, 4) is 0 Å². The van der Waals surface area contributed by atoms with E-state index in [-0.39, 0.29) is 31.1 Å². The molecule has 0 heterocycles. The van der Waals surface area contributed by atoms with Crippen LogP contribution >= 0.6 is 0 Å². The second-order valence-corrected chi connectivity index (χ2v) is 17.3. The molecule has 320 valence electrons. The fourth-order valence-corrected chi connectivity index (χ4v) is 7.11. The maximum absolute atomic E-state index is 12.7. The van der Waals surface area contributed by atoms with Gasteiger partial charge < -0.3 is 14.2 Å². The van der Waals surface area contributed by atoms with Gasteiger partial charge in [-0.3, -0.25) is 14.4 Å². The molecule has 0 radical (unpaired) electrons. The van der Waals surface area contributed by atoms with Crippen molar-refractivity contribution in [3.63, 3.8) is 0 Å². The maximum atomic E-state index is 12.7. The molecule has 0 bridgehead atoms. The smallest absolute Gasteiger partial charge is 0.306 e. The second kappa shape index (κ2) is 41.1. The quantitative estimate of drug-likeness (QED) is 0.0350. The summed E-state index contributed by atoms with van der Waals surface area (Å²) in [5.74, 6) is 0.797. The SMILES string of the molecule is CCCCCCCC(=O)OC[C@H](COC(=O)CCCCCCCCCCCCCCCCCC(C)C)OC(=O)CCCCCCCCCCCCC(C)C. The number of esters is 3. The highest BCUT2D eigenvalue weighted by atomic mass is 16.6. The number of rotatable bonds is 42. The number of ether oxygens (including phenoxy) is 3. The summed E-state index contributed by atoms with van der Waals surface area (Å²) in [6.07, 6.45) is 39.8. The van der Waals surface area contributed by atoms with Gasteiger partial charge in [0.05, 0.1) is 0 Å². The molecule has 54 heavy (non-hydrogen) atoms. The molecule has 1 atom stereocenters. The summed E-state index contributed by atoms with van der Waals surface area (Å²) in [7, 11) is 0. The molecule has 0 amide bonds. The van der Waals surface area contributed by atoms with Crippen molar-refractivity contribution in [2.45, 2.75) is 265 Å². The summed E-state index contributed by atoms with van der Waals surface area (Å²) < 4.78 is 16.6. The molecule has 0 unspecified atom stereocenters. The van der Waals surface area contributed by atoms with Crippen LogP contribution in [0, 0.1) is 11.8 Å². The Morgan fingerprint density at radius 3 is 0.907 bits per heavy atom. The van der Waals surface area contributed by atoms with E-state index >= 15 is 0 Å². The molecule has 0 aromatic heterocycles. The third-order valence-corrected chi connectivity index (χ3v) is 10.7. The maximum Gasteiger partial charge on any atom is 0.306 e. The number of hydrogen-bond acceptors (Lipinski definition) is 6. The van der Waals surface area contributed by atoms with Crippen molar-refractivity contribution in [1.29, 1.82) is 0 Å². The van der Waals surface area contributed by atoms with E-state index in [0.717, 1.165) is 76.0 Å². The van der Waals surface area contributed by atoms with Crippen LogP contribution in [0.4, 0.5) is 0 Å². The molecule has 6 heteroatoms. The van der Waals surface area contributed by atoms with E-state index in [9.17, 15) is 14.4 Å². The minimum atomic E-state index is -0.759. The van der Waals surface area contributed by atoms with Gasteiger partial charge in [0, 0.05) is 19.3 Å². The Labute approximate surface area is 336 Å². The zero-order chi connectivity index (χ0) is 39.7. The van der Waals surface area contributed by atoms with E-state index in [4.69, 9.17) is 14.2 Å². The molecular formula is C48H92O6. The van der Waals surface area contributed by atoms with Gasteiger partial charge in [0.15, 0.2) is 6.10 Å². The lowest BCUT2D eigenvalue weighted by atomic mass is 10.0. The third-order valence-electron chi connectivity index (χ3n) is 10.7. The number of hydrogen-bond donors (Lipinski definition) is 0. The molecule has 0 aromatic rings. The Hall–Kier alpha value is -1.59. The fraction of sp³-hybridized carbons (Fsp3) is 0.938. The highest BCUT2D eigenvalue weighted by Crippen LogP contribution is 2.17. The van der Waals surface area contributed by atoms with Crippen molar-refractivity contribution in [1.82, 2.24) is 0 Å². The van der Waals surface area contributed by atoms with Crippen molar-refractivity contribution in [3.05, 3.63) is 0 Å². The van der Waals surface area contributed by atoms with Gasteiger partial charge in [0.1, 0.15) is 13.2 Å². The van der Waals surface area contributed by atoms with Gasteiger partial charge in [0.2, 0.25) is 0 Å². The van der Waals surface area contributed by atoms with E-state index < -0.39 is 6.10 Å². The van der Waals surface area contributed by atoms with Crippen LogP contribution in [0.15, 0.2) is 0 Å². The lowest BCUT2D eigenvalue weighted by Gasteiger charge is -2.18. The summed E-state index contributed by atoms with van der Waals surface area (Å²) >= 11 is 0. The molecule has 0 aliphatic carbocycles. The van der Waals surface area contributed by atoms with Crippen molar-refractivity contribution in [2.24, 2.45) is 11.8 Å². The van der Waals surface area contributed by atoms with Crippen LogP contribution in [0.2, 0.25) is 0 Å². The summed E-state index contributed by atoms with van der Waals surface area (Å²) in [6.45, 7) is 11.3. The van der Waals surface area contributed by atoms with Gasteiger partial charge in [-0.2, -0.15) is 0 Å². The van der Waals surface area contributed by atoms with Crippen LogP contribution in [0.5, 0.6) is 0 Å². The number of unbranched alkanes of at least 4 members (excludes halogenated alkanes) is 27. The normalized spacial score (nSPS) is 12.1. The minimum Gasteiger partial charge on any atom is -0.462 e. The lowest BCUT2D eigenvalue weighted by Crippen LogP contribution is -2.30. The summed E-state index contributed by atoms with van der Waals surface area (Å²) in [5.41, 5.74) is 0. The Balaban J connectivity index is 4.13. The first-order valence-electron chi connectivity index (χ1n) is 23.7. The summed E-state index contributed by atoms with van der Waals surface area (Å²) in [5, 5.41) is 0. The van der Waals surface area contributed by atoms with Crippen LogP contribution in [0.3, 0.4) is 0 Å². The van der Waals surface area contributed by atoms with E-state index in [1.54, 1.807) is 0 Å². The molecule has 0 rings (SSSR count). The van der Waals surface area contributed by atoms with Gasteiger partial charge in [-0.05, 0) is 31.1 Å². The Bertz CT molecular complexity index is 824.